The SMILES string of the molecule is CCC(C)=CCC1=CC(CC=C(C)CC)CC(CC=C(C)CC)C1=O. The summed E-state index contributed by atoms with van der Waals surface area (Å²) in [6.07, 6.45) is 16.2. The lowest BCUT2D eigenvalue weighted by Gasteiger charge is -2.26. The molecule has 0 N–H and O–H groups in total. The van der Waals surface area contributed by atoms with Crippen molar-refractivity contribution in [2.45, 2.75) is 86.5 Å². The van der Waals surface area contributed by atoms with Crippen LogP contribution < -0.4 is 0 Å². The molecule has 0 aromatic heterocycles. The molecule has 0 aliphatic heterocycles. The molecule has 0 saturated heterocycles. The highest BCUT2D eigenvalue weighted by molar-refractivity contribution is 5.98. The Balaban J connectivity index is 2.95. The van der Waals surface area contributed by atoms with Crippen molar-refractivity contribution in [2.75, 3.05) is 0 Å². The highest BCUT2D eigenvalue weighted by Gasteiger charge is 2.28. The van der Waals surface area contributed by atoms with Gasteiger partial charge in [-0.3, -0.25) is 4.79 Å². The quantitative estimate of drug-likeness (QED) is 0.400. The third-order valence-electron chi connectivity index (χ3n) is 5.57. The fourth-order valence-electron chi connectivity index (χ4n) is 3.12. The van der Waals surface area contributed by atoms with Gasteiger partial charge in [-0.15, -0.1) is 0 Å². The molecule has 0 radical (unpaired) electrons. The van der Waals surface area contributed by atoms with Crippen LogP contribution in [0.4, 0.5) is 0 Å². The van der Waals surface area contributed by atoms with E-state index in [0.29, 0.717) is 11.7 Å². The van der Waals surface area contributed by atoms with Gasteiger partial charge < -0.3 is 0 Å². The van der Waals surface area contributed by atoms with Crippen molar-refractivity contribution in [3.05, 3.63) is 46.6 Å². The number of hydrogen-bond acceptors (Lipinski definition) is 1. The summed E-state index contributed by atoms with van der Waals surface area (Å²) in [7, 11) is 0. The maximum atomic E-state index is 12.9. The molecule has 0 amide bonds. The lowest BCUT2D eigenvalue weighted by molar-refractivity contribution is -0.120. The summed E-state index contributed by atoms with van der Waals surface area (Å²) in [5.41, 5.74) is 5.26. The maximum Gasteiger partial charge on any atom is 0.162 e. The minimum atomic E-state index is 0.164. The molecule has 140 valence electrons. The van der Waals surface area contributed by atoms with Crippen LogP contribution in [-0.4, -0.2) is 5.78 Å². The Hall–Kier alpha value is -1.37. The fourth-order valence-corrected chi connectivity index (χ4v) is 3.12. The molecule has 1 rings (SSSR count). The Morgan fingerprint density at radius 2 is 1.44 bits per heavy atom. The lowest BCUT2D eigenvalue weighted by atomic mass is 9.77. The molecule has 25 heavy (non-hydrogen) atoms. The number of rotatable bonds is 9. The van der Waals surface area contributed by atoms with Crippen molar-refractivity contribution in [3.63, 3.8) is 0 Å². The zero-order valence-corrected chi connectivity index (χ0v) is 17.3. The van der Waals surface area contributed by atoms with Gasteiger partial charge in [-0.25, -0.2) is 0 Å². The van der Waals surface area contributed by atoms with Gasteiger partial charge in [-0.05, 0) is 77.2 Å². The van der Waals surface area contributed by atoms with Crippen molar-refractivity contribution >= 4 is 5.78 Å². The molecule has 2 unspecified atom stereocenters. The van der Waals surface area contributed by atoms with Gasteiger partial charge in [-0.2, -0.15) is 0 Å². The van der Waals surface area contributed by atoms with Crippen molar-refractivity contribution < 1.29 is 4.79 Å². The first-order valence-corrected chi connectivity index (χ1v) is 10.1. The number of allylic oxidation sites excluding steroid dienone is 8. The van der Waals surface area contributed by atoms with Crippen LogP contribution in [0.25, 0.3) is 0 Å². The highest BCUT2D eigenvalue weighted by atomic mass is 16.1. The van der Waals surface area contributed by atoms with Gasteiger partial charge >= 0.3 is 0 Å². The maximum absolute atomic E-state index is 12.9. The Bertz CT molecular complexity index is 557. The highest BCUT2D eigenvalue weighted by Crippen LogP contribution is 2.33. The van der Waals surface area contributed by atoms with E-state index in [1.54, 1.807) is 0 Å². The summed E-state index contributed by atoms with van der Waals surface area (Å²) < 4.78 is 0. The first-order chi connectivity index (χ1) is 11.9. The summed E-state index contributed by atoms with van der Waals surface area (Å²) in [5.74, 6) is 1.05. The van der Waals surface area contributed by atoms with Crippen molar-refractivity contribution in [1.82, 2.24) is 0 Å². The summed E-state index contributed by atoms with van der Waals surface area (Å²) in [6, 6.07) is 0. The molecule has 1 aliphatic carbocycles. The van der Waals surface area contributed by atoms with E-state index < -0.39 is 0 Å². The number of ketones is 1. The fraction of sp³-hybridized carbons (Fsp3) is 0.625. The smallest absolute Gasteiger partial charge is 0.162 e. The third kappa shape index (κ3) is 7.59. The van der Waals surface area contributed by atoms with Crippen LogP contribution in [0.3, 0.4) is 0 Å². The summed E-state index contributed by atoms with van der Waals surface area (Å²) in [4.78, 5) is 12.9. The Morgan fingerprint density at radius 1 is 0.920 bits per heavy atom. The Kier molecular flexibility index (Phi) is 9.78. The van der Waals surface area contributed by atoms with Crippen molar-refractivity contribution in [2.24, 2.45) is 11.8 Å². The minimum Gasteiger partial charge on any atom is -0.294 e. The van der Waals surface area contributed by atoms with E-state index >= 15 is 0 Å². The summed E-state index contributed by atoms with van der Waals surface area (Å²) >= 11 is 0. The average molecular weight is 343 g/mol. The van der Waals surface area contributed by atoms with Crippen molar-refractivity contribution in [1.29, 1.82) is 0 Å². The molecular weight excluding hydrogens is 304 g/mol. The molecule has 0 spiro atoms. The van der Waals surface area contributed by atoms with E-state index in [1.165, 1.54) is 16.7 Å². The van der Waals surface area contributed by atoms with E-state index in [0.717, 1.165) is 50.5 Å². The van der Waals surface area contributed by atoms with Crippen LogP contribution in [0.1, 0.15) is 86.5 Å². The largest absolute Gasteiger partial charge is 0.294 e. The first-order valence-electron chi connectivity index (χ1n) is 10.1. The predicted octanol–water partition coefficient (Wildman–Crippen LogP) is 7.36. The van der Waals surface area contributed by atoms with Crippen molar-refractivity contribution in [3.8, 4) is 0 Å². The van der Waals surface area contributed by atoms with Gasteiger partial charge in [0.15, 0.2) is 5.78 Å². The van der Waals surface area contributed by atoms with Crippen LogP contribution in [0.2, 0.25) is 0 Å². The first kappa shape index (κ1) is 21.7. The van der Waals surface area contributed by atoms with E-state index in [1.807, 2.05) is 0 Å². The third-order valence-corrected chi connectivity index (χ3v) is 5.57. The monoisotopic (exact) mass is 342 g/mol. The molecule has 0 heterocycles. The number of hydrogen-bond donors (Lipinski definition) is 0. The van der Waals surface area contributed by atoms with Crippen LogP contribution in [-0.2, 0) is 4.79 Å². The second kappa shape index (κ2) is 11.3. The molecule has 1 aliphatic rings. The summed E-state index contributed by atoms with van der Waals surface area (Å²) in [5, 5.41) is 0. The summed E-state index contributed by atoms with van der Waals surface area (Å²) in [6.45, 7) is 13.1. The van der Waals surface area contributed by atoms with Crippen LogP contribution in [0.5, 0.6) is 0 Å². The minimum absolute atomic E-state index is 0.164. The van der Waals surface area contributed by atoms with E-state index in [9.17, 15) is 4.79 Å². The Labute approximate surface area is 156 Å². The molecule has 1 heteroatoms. The number of Topliss-reactive ketones (excluding diaryl/α,β-unsaturated/α-hetero) is 1. The van der Waals surface area contributed by atoms with Gasteiger partial charge in [0.25, 0.3) is 0 Å². The second-order valence-electron chi connectivity index (χ2n) is 7.64. The van der Waals surface area contributed by atoms with Gasteiger partial charge in [0.1, 0.15) is 0 Å². The second-order valence-corrected chi connectivity index (χ2v) is 7.64. The van der Waals surface area contributed by atoms with Gasteiger partial charge in [0.05, 0.1) is 0 Å². The van der Waals surface area contributed by atoms with Gasteiger partial charge in [0.2, 0.25) is 0 Å². The molecule has 0 saturated carbocycles. The number of carbonyl (C=O) groups is 1. The van der Waals surface area contributed by atoms with E-state index in [2.05, 4.69) is 65.8 Å². The molecular formula is C24H38O. The zero-order chi connectivity index (χ0) is 18.8. The molecule has 2 atom stereocenters. The normalized spacial score (nSPS) is 23.0. The van der Waals surface area contributed by atoms with Crippen LogP contribution in [0, 0.1) is 11.8 Å². The standard InChI is InChI=1S/C24H38O/c1-7-18(4)10-13-21-16-22(14-11-19(5)8-2)24(25)23(17-21)15-12-20(6)9-3/h10-12,16,21,23H,7-9,13-15,17H2,1-6H3. The van der Waals surface area contributed by atoms with Gasteiger partial charge in [0, 0.05) is 5.92 Å². The van der Waals surface area contributed by atoms with Gasteiger partial charge in [-0.1, -0.05) is 61.8 Å². The number of carbonyl (C=O) groups excluding carboxylic acids is 1. The average Bonchev–Trinajstić information content (AvgIpc) is 2.63. The molecule has 0 bridgehead atoms. The molecule has 0 fully saturated rings. The Morgan fingerprint density at radius 3 is 2.00 bits per heavy atom. The van der Waals surface area contributed by atoms with Crippen LogP contribution in [0.15, 0.2) is 46.6 Å². The van der Waals surface area contributed by atoms with Crippen LogP contribution >= 0.6 is 0 Å². The van der Waals surface area contributed by atoms with E-state index in [4.69, 9.17) is 0 Å². The predicted molar refractivity (Wildman–Crippen MR) is 111 cm³/mol. The molecule has 1 nitrogen and oxygen atoms in total. The molecule has 0 aromatic rings. The zero-order valence-electron chi connectivity index (χ0n) is 17.3. The van der Waals surface area contributed by atoms with E-state index in [-0.39, 0.29) is 5.92 Å². The molecule has 0 aromatic carbocycles. The lowest BCUT2D eigenvalue weighted by Crippen LogP contribution is -2.24. The topological polar surface area (TPSA) is 17.1 Å².